The van der Waals surface area contributed by atoms with E-state index in [1.807, 2.05) is 42.5 Å². The summed E-state index contributed by atoms with van der Waals surface area (Å²) >= 11 is 12.2. The predicted octanol–water partition coefficient (Wildman–Crippen LogP) is 5.10. The predicted molar refractivity (Wildman–Crippen MR) is 105 cm³/mol. The quantitative estimate of drug-likeness (QED) is 0.718. The Kier molecular flexibility index (Phi) is 6.41. The lowest BCUT2D eigenvalue weighted by molar-refractivity contribution is 0.124. The third kappa shape index (κ3) is 5.13. The minimum atomic E-state index is -0.369. The summed E-state index contributed by atoms with van der Waals surface area (Å²) in [6.45, 7) is 2.36. The molecule has 1 aliphatic rings. The van der Waals surface area contributed by atoms with Crippen LogP contribution in [0.5, 0.6) is 0 Å². The summed E-state index contributed by atoms with van der Waals surface area (Å²) in [5.41, 5.74) is 2.00. The first-order valence-electron chi connectivity index (χ1n) is 8.69. The maximum absolute atomic E-state index is 11.9. The second-order valence-corrected chi connectivity index (χ2v) is 7.47. The highest BCUT2D eigenvalue weighted by atomic mass is 35.5. The van der Waals surface area contributed by atoms with Crippen LogP contribution in [-0.2, 0) is 11.3 Å². The number of amides is 1. The van der Waals surface area contributed by atoms with Crippen LogP contribution >= 0.6 is 23.2 Å². The lowest BCUT2D eigenvalue weighted by Gasteiger charge is -2.38. The number of hydrogen-bond donors (Lipinski definition) is 2. The zero-order valence-electron chi connectivity index (χ0n) is 14.5. The van der Waals surface area contributed by atoms with E-state index in [0.717, 1.165) is 24.0 Å². The molecule has 0 aliphatic heterocycles. The number of carbonyl (C=O) groups is 1. The van der Waals surface area contributed by atoms with E-state index in [-0.39, 0.29) is 24.8 Å². The minimum Gasteiger partial charge on any atom is -0.445 e. The average Bonchev–Trinajstić information content (AvgIpc) is 2.59. The number of rotatable bonds is 6. The number of nitrogens with one attached hydrogen (secondary N) is 2. The van der Waals surface area contributed by atoms with Gasteiger partial charge in [0.15, 0.2) is 0 Å². The van der Waals surface area contributed by atoms with E-state index < -0.39 is 0 Å². The number of hydrogen-bond acceptors (Lipinski definition) is 3. The molecule has 0 heterocycles. The van der Waals surface area contributed by atoms with Crippen molar-refractivity contribution in [3.05, 3.63) is 69.7 Å². The van der Waals surface area contributed by atoms with Crippen LogP contribution in [0.15, 0.2) is 48.5 Å². The highest BCUT2D eigenvalue weighted by molar-refractivity contribution is 6.35. The normalized spacial score (nSPS) is 20.1. The van der Waals surface area contributed by atoms with Gasteiger partial charge in [-0.3, -0.25) is 0 Å². The molecule has 1 fully saturated rings. The van der Waals surface area contributed by atoms with Crippen LogP contribution in [0.3, 0.4) is 0 Å². The molecule has 26 heavy (non-hydrogen) atoms. The van der Waals surface area contributed by atoms with Crippen molar-refractivity contribution in [3.63, 3.8) is 0 Å². The van der Waals surface area contributed by atoms with Crippen LogP contribution in [0.1, 0.15) is 36.9 Å². The Labute approximate surface area is 163 Å². The molecule has 138 valence electrons. The third-order valence-corrected chi connectivity index (χ3v) is 5.15. The first-order valence-corrected chi connectivity index (χ1v) is 9.45. The van der Waals surface area contributed by atoms with Crippen molar-refractivity contribution in [2.75, 3.05) is 0 Å². The van der Waals surface area contributed by atoms with Gasteiger partial charge in [0.2, 0.25) is 0 Å². The van der Waals surface area contributed by atoms with E-state index in [0.29, 0.717) is 16.1 Å². The number of halogens is 2. The zero-order valence-corrected chi connectivity index (χ0v) is 16.1. The van der Waals surface area contributed by atoms with Gasteiger partial charge in [-0.05, 0) is 43.0 Å². The van der Waals surface area contributed by atoms with Crippen molar-refractivity contribution < 1.29 is 9.53 Å². The molecule has 0 aromatic heterocycles. The van der Waals surface area contributed by atoms with E-state index in [9.17, 15) is 4.79 Å². The highest BCUT2D eigenvalue weighted by Gasteiger charge is 2.31. The van der Waals surface area contributed by atoms with Crippen LogP contribution in [0.25, 0.3) is 0 Å². The highest BCUT2D eigenvalue weighted by Crippen LogP contribution is 2.29. The number of ether oxygens (including phenoxy) is 1. The summed E-state index contributed by atoms with van der Waals surface area (Å²) in [4.78, 5) is 11.9. The van der Waals surface area contributed by atoms with Gasteiger partial charge in [-0.15, -0.1) is 0 Å². The van der Waals surface area contributed by atoms with Crippen LogP contribution < -0.4 is 10.6 Å². The zero-order chi connectivity index (χ0) is 18.5. The molecule has 2 aromatic rings. The molecule has 1 atom stereocenters. The minimum absolute atomic E-state index is 0.121. The van der Waals surface area contributed by atoms with Gasteiger partial charge in [0.25, 0.3) is 0 Å². The molecule has 0 spiro atoms. The molecule has 1 amide bonds. The van der Waals surface area contributed by atoms with Crippen molar-refractivity contribution in [1.82, 2.24) is 10.6 Å². The second-order valence-electron chi connectivity index (χ2n) is 6.63. The molecule has 0 saturated heterocycles. The summed E-state index contributed by atoms with van der Waals surface area (Å²) in [5.74, 6) is 0. The van der Waals surface area contributed by atoms with Crippen molar-refractivity contribution in [3.8, 4) is 0 Å². The Morgan fingerprint density at radius 2 is 1.88 bits per heavy atom. The fourth-order valence-electron chi connectivity index (χ4n) is 3.10. The molecular formula is C20H22Cl2N2O2. The molecule has 4 nitrogen and oxygen atoms in total. The Morgan fingerprint density at radius 1 is 1.15 bits per heavy atom. The number of alkyl carbamates (subject to hydrolysis) is 1. The Hall–Kier alpha value is -1.75. The van der Waals surface area contributed by atoms with Gasteiger partial charge in [0, 0.05) is 28.2 Å². The molecule has 2 N–H and O–H groups in total. The van der Waals surface area contributed by atoms with Gasteiger partial charge < -0.3 is 15.4 Å². The van der Waals surface area contributed by atoms with Crippen LogP contribution in [0, 0.1) is 0 Å². The molecule has 6 heteroatoms. The van der Waals surface area contributed by atoms with E-state index >= 15 is 0 Å². The summed E-state index contributed by atoms with van der Waals surface area (Å²) in [5, 5.41) is 7.73. The maximum Gasteiger partial charge on any atom is 0.407 e. The van der Waals surface area contributed by atoms with Crippen LogP contribution in [0.4, 0.5) is 4.79 Å². The maximum atomic E-state index is 11.9. The molecule has 2 aromatic carbocycles. The topological polar surface area (TPSA) is 50.4 Å². The van der Waals surface area contributed by atoms with Crippen molar-refractivity contribution in [1.29, 1.82) is 0 Å². The smallest absolute Gasteiger partial charge is 0.407 e. The van der Waals surface area contributed by atoms with Gasteiger partial charge in [-0.25, -0.2) is 4.79 Å². The number of carbonyl (C=O) groups excluding carboxylic acids is 1. The van der Waals surface area contributed by atoms with Crippen molar-refractivity contribution in [2.24, 2.45) is 0 Å². The lowest BCUT2D eigenvalue weighted by Crippen LogP contribution is -2.52. The Bertz CT molecular complexity index is 749. The fourth-order valence-corrected chi connectivity index (χ4v) is 3.67. The van der Waals surface area contributed by atoms with Gasteiger partial charge in [-0.2, -0.15) is 0 Å². The van der Waals surface area contributed by atoms with E-state index in [1.165, 1.54) is 0 Å². The van der Waals surface area contributed by atoms with Crippen molar-refractivity contribution in [2.45, 2.75) is 44.5 Å². The summed E-state index contributed by atoms with van der Waals surface area (Å²) < 4.78 is 5.25. The first-order chi connectivity index (χ1) is 12.5. The fraction of sp³-hybridized carbons (Fsp3) is 0.350. The van der Waals surface area contributed by atoms with Crippen LogP contribution in [-0.4, -0.2) is 18.2 Å². The van der Waals surface area contributed by atoms with Gasteiger partial charge in [0.05, 0.1) is 0 Å². The Balaban J connectivity index is 1.38. The summed E-state index contributed by atoms with van der Waals surface area (Å²) in [6.07, 6.45) is 1.37. The molecule has 0 radical (unpaired) electrons. The van der Waals surface area contributed by atoms with Gasteiger partial charge in [-0.1, -0.05) is 59.6 Å². The van der Waals surface area contributed by atoms with Crippen LogP contribution in [0.2, 0.25) is 10.0 Å². The molecule has 1 saturated carbocycles. The second kappa shape index (κ2) is 8.76. The van der Waals surface area contributed by atoms with Gasteiger partial charge >= 0.3 is 6.09 Å². The Morgan fingerprint density at radius 3 is 2.58 bits per heavy atom. The average molecular weight is 393 g/mol. The molecule has 0 bridgehead atoms. The molecule has 3 rings (SSSR count). The summed E-state index contributed by atoms with van der Waals surface area (Å²) in [7, 11) is 0. The number of benzene rings is 2. The van der Waals surface area contributed by atoms with Crippen molar-refractivity contribution >= 4 is 29.3 Å². The monoisotopic (exact) mass is 392 g/mol. The third-order valence-electron chi connectivity index (χ3n) is 4.59. The van der Waals surface area contributed by atoms with Gasteiger partial charge in [0.1, 0.15) is 6.61 Å². The molecule has 1 aliphatic carbocycles. The van der Waals surface area contributed by atoms with E-state index in [1.54, 1.807) is 6.07 Å². The van der Waals surface area contributed by atoms with E-state index in [4.69, 9.17) is 27.9 Å². The standard InChI is InChI=1S/C20H22Cl2N2O2/c1-13(18-8-7-15(21)9-19(18)22)23-16-10-17(11-16)24-20(25)26-12-14-5-3-2-4-6-14/h2-9,13,16-17,23H,10-12H2,1H3,(H,24,25). The largest absolute Gasteiger partial charge is 0.445 e. The SMILES string of the molecule is CC(NC1CC(NC(=O)OCc2ccccc2)C1)c1ccc(Cl)cc1Cl. The molecule has 1 unspecified atom stereocenters. The lowest BCUT2D eigenvalue weighted by atomic mass is 9.86. The molecular weight excluding hydrogens is 371 g/mol. The van der Waals surface area contributed by atoms with E-state index in [2.05, 4.69) is 17.6 Å². The first kappa shape index (κ1) is 19.0. The summed E-state index contributed by atoms with van der Waals surface area (Å²) in [6, 6.07) is 15.8.